The number of hydrogen-bond acceptors (Lipinski definition) is 4. The van der Waals surface area contributed by atoms with E-state index >= 15 is 0 Å². The number of nitrogens with zero attached hydrogens (tertiary/aromatic N) is 4. The molecule has 0 saturated carbocycles. The Labute approximate surface area is 144 Å². The molecule has 4 heterocycles. The number of benzene rings is 1. The fraction of sp³-hybridized carbons (Fsp3) is 0.444. The third-order valence-electron chi connectivity index (χ3n) is 5.18. The van der Waals surface area contributed by atoms with Crippen molar-refractivity contribution in [2.45, 2.75) is 38.4 Å². The number of fused-ring (bicyclic) bond motifs is 2. The summed E-state index contributed by atoms with van der Waals surface area (Å²) in [6.45, 7) is 3.49. The minimum absolute atomic E-state index is 0.195. The molecule has 3 aliphatic rings. The highest BCUT2D eigenvalue weighted by Gasteiger charge is 2.45. The van der Waals surface area contributed by atoms with Crippen LogP contribution in [0.1, 0.15) is 24.6 Å². The van der Waals surface area contributed by atoms with E-state index < -0.39 is 11.6 Å². The van der Waals surface area contributed by atoms with Gasteiger partial charge in [0.05, 0.1) is 5.69 Å². The molecule has 0 amide bonds. The molecule has 2 aromatic rings. The summed E-state index contributed by atoms with van der Waals surface area (Å²) in [6, 6.07) is 3.93. The number of aromatic nitrogens is 2. The summed E-state index contributed by atoms with van der Waals surface area (Å²) >= 11 is 0. The van der Waals surface area contributed by atoms with Crippen LogP contribution in [-0.2, 0) is 13.0 Å². The standard InChI is InChI=1S/C18H19F3N4/c1-2-16-17(21)18(23-10-22-16)24-8-13-6-14(9-24)25(13)7-11-5-12(19)3-4-15(11)20/h3-5,10,13-14H,2,6-9H2,1H3. The number of hydrogen-bond donors (Lipinski definition) is 0. The average Bonchev–Trinajstić information content (AvgIpc) is 2.62. The van der Waals surface area contributed by atoms with Crippen molar-refractivity contribution < 1.29 is 13.2 Å². The van der Waals surface area contributed by atoms with Crippen molar-refractivity contribution >= 4 is 5.82 Å². The van der Waals surface area contributed by atoms with Crippen LogP contribution in [0.3, 0.4) is 0 Å². The van der Waals surface area contributed by atoms with Crippen LogP contribution in [0, 0.1) is 17.5 Å². The lowest BCUT2D eigenvalue weighted by Gasteiger charge is -2.56. The largest absolute Gasteiger partial charge is 0.351 e. The van der Waals surface area contributed by atoms with Crippen molar-refractivity contribution in [3.05, 3.63) is 53.2 Å². The lowest BCUT2D eigenvalue weighted by Crippen LogP contribution is -2.68. The maximum atomic E-state index is 14.5. The van der Waals surface area contributed by atoms with E-state index in [0.717, 1.165) is 18.6 Å². The molecule has 25 heavy (non-hydrogen) atoms. The molecule has 1 aromatic carbocycles. The molecule has 132 valence electrons. The first-order valence-corrected chi connectivity index (χ1v) is 8.50. The fourth-order valence-electron chi connectivity index (χ4n) is 3.84. The predicted molar refractivity (Wildman–Crippen MR) is 87.7 cm³/mol. The molecule has 5 rings (SSSR count). The monoisotopic (exact) mass is 348 g/mol. The minimum atomic E-state index is -0.432. The number of rotatable bonds is 4. The first-order valence-electron chi connectivity index (χ1n) is 8.50. The first kappa shape index (κ1) is 16.3. The minimum Gasteiger partial charge on any atom is -0.351 e. The van der Waals surface area contributed by atoms with Crippen LogP contribution < -0.4 is 4.90 Å². The molecular weight excluding hydrogens is 329 g/mol. The fourth-order valence-corrected chi connectivity index (χ4v) is 3.84. The summed E-state index contributed by atoms with van der Waals surface area (Å²) in [4.78, 5) is 12.2. The summed E-state index contributed by atoms with van der Waals surface area (Å²) < 4.78 is 41.7. The Hall–Kier alpha value is -2.15. The maximum absolute atomic E-state index is 14.5. The van der Waals surface area contributed by atoms with Gasteiger partial charge in [0.2, 0.25) is 0 Å². The van der Waals surface area contributed by atoms with Gasteiger partial charge in [-0.05, 0) is 31.0 Å². The van der Waals surface area contributed by atoms with Gasteiger partial charge >= 0.3 is 0 Å². The van der Waals surface area contributed by atoms with Crippen LogP contribution in [0.4, 0.5) is 19.0 Å². The maximum Gasteiger partial charge on any atom is 0.187 e. The van der Waals surface area contributed by atoms with Gasteiger partial charge in [-0.2, -0.15) is 0 Å². The SMILES string of the molecule is CCc1ncnc(N2CC3CC(C2)N3Cc2cc(F)ccc2F)c1F. The van der Waals surface area contributed by atoms with E-state index in [2.05, 4.69) is 14.9 Å². The molecule has 4 nitrogen and oxygen atoms in total. The van der Waals surface area contributed by atoms with Crippen LogP contribution in [-0.4, -0.2) is 40.0 Å². The molecule has 2 bridgehead atoms. The second-order valence-electron chi connectivity index (χ2n) is 6.67. The summed E-state index contributed by atoms with van der Waals surface area (Å²) in [6.07, 6.45) is 2.91. The molecule has 2 atom stereocenters. The van der Waals surface area contributed by atoms with Gasteiger partial charge in [-0.1, -0.05) is 6.92 Å². The molecule has 1 aromatic heterocycles. The van der Waals surface area contributed by atoms with Crippen LogP contribution in [0.25, 0.3) is 0 Å². The molecule has 3 saturated heterocycles. The highest BCUT2D eigenvalue weighted by Crippen LogP contribution is 2.36. The molecule has 0 radical (unpaired) electrons. The summed E-state index contributed by atoms with van der Waals surface area (Å²) in [5.74, 6) is -0.830. The Morgan fingerprint density at radius 2 is 1.88 bits per heavy atom. The number of halogens is 3. The van der Waals surface area contributed by atoms with E-state index in [1.165, 1.54) is 12.4 Å². The summed E-state index contributed by atoms with van der Waals surface area (Å²) in [5.41, 5.74) is 0.785. The van der Waals surface area contributed by atoms with E-state index in [0.29, 0.717) is 43.1 Å². The number of anilines is 1. The van der Waals surface area contributed by atoms with Gasteiger partial charge in [-0.25, -0.2) is 23.1 Å². The molecular formula is C18H19F3N4. The normalized spacial score (nSPS) is 22.8. The van der Waals surface area contributed by atoms with Gasteiger partial charge < -0.3 is 4.90 Å². The quantitative estimate of drug-likeness (QED) is 0.850. The van der Waals surface area contributed by atoms with E-state index in [-0.39, 0.29) is 17.9 Å². The van der Waals surface area contributed by atoms with Crippen LogP contribution >= 0.6 is 0 Å². The molecule has 3 fully saturated rings. The van der Waals surface area contributed by atoms with Crippen LogP contribution in [0.15, 0.2) is 24.5 Å². The summed E-state index contributed by atoms with van der Waals surface area (Å²) in [5, 5.41) is 0. The second kappa shape index (κ2) is 6.29. The van der Waals surface area contributed by atoms with Gasteiger partial charge in [0.1, 0.15) is 18.0 Å². The Bertz CT molecular complexity index is 786. The van der Waals surface area contributed by atoms with Gasteiger partial charge in [0.25, 0.3) is 0 Å². The molecule has 3 aliphatic heterocycles. The topological polar surface area (TPSA) is 32.3 Å². The third kappa shape index (κ3) is 2.86. The highest BCUT2D eigenvalue weighted by molar-refractivity contribution is 5.43. The van der Waals surface area contributed by atoms with Gasteiger partial charge in [-0.3, -0.25) is 4.90 Å². The highest BCUT2D eigenvalue weighted by atomic mass is 19.1. The Balaban J connectivity index is 1.49. The molecule has 0 N–H and O–H groups in total. The van der Waals surface area contributed by atoms with Crippen molar-refractivity contribution in [2.75, 3.05) is 18.0 Å². The Morgan fingerprint density at radius 1 is 1.12 bits per heavy atom. The van der Waals surface area contributed by atoms with Crippen molar-refractivity contribution in [3.8, 4) is 0 Å². The van der Waals surface area contributed by atoms with E-state index in [1.54, 1.807) is 0 Å². The number of aryl methyl sites for hydroxylation is 1. The number of piperazine rings is 1. The summed E-state index contributed by atoms with van der Waals surface area (Å²) in [7, 11) is 0. The number of piperidine rings is 1. The van der Waals surface area contributed by atoms with Crippen molar-refractivity contribution in [3.63, 3.8) is 0 Å². The van der Waals surface area contributed by atoms with E-state index in [1.807, 2.05) is 11.8 Å². The lowest BCUT2D eigenvalue weighted by atomic mass is 9.86. The van der Waals surface area contributed by atoms with Gasteiger partial charge in [0, 0.05) is 37.3 Å². The van der Waals surface area contributed by atoms with Crippen LogP contribution in [0.5, 0.6) is 0 Å². The Kier molecular flexibility index (Phi) is 4.11. The van der Waals surface area contributed by atoms with Gasteiger partial charge in [-0.15, -0.1) is 0 Å². The molecule has 2 unspecified atom stereocenters. The zero-order valence-corrected chi connectivity index (χ0v) is 13.9. The molecule has 7 heteroatoms. The zero-order chi connectivity index (χ0) is 17.6. The molecule has 0 aliphatic carbocycles. The van der Waals surface area contributed by atoms with Crippen molar-refractivity contribution in [1.82, 2.24) is 14.9 Å². The smallest absolute Gasteiger partial charge is 0.187 e. The van der Waals surface area contributed by atoms with Crippen molar-refractivity contribution in [2.24, 2.45) is 0 Å². The average molecular weight is 348 g/mol. The second-order valence-corrected chi connectivity index (χ2v) is 6.67. The predicted octanol–water partition coefficient (Wildman–Crippen LogP) is 2.92. The van der Waals surface area contributed by atoms with Crippen LogP contribution in [0.2, 0.25) is 0 Å². The van der Waals surface area contributed by atoms with Gasteiger partial charge in [0.15, 0.2) is 11.6 Å². The Morgan fingerprint density at radius 3 is 2.60 bits per heavy atom. The lowest BCUT2D eigenvalue weighted by molar-refractivity contribution is -0.00976. The van der Waals surface area contributed by atoms with E-state index in [4.69, 9.17) is 0 Å². The first-order chi connectivity index (χ1) is 12.1. The van der Waals surface area contributed by atoms with Crippen molar-refractivity contribution in [1.29, 1.82) is 0 Å². The third-order valence-corrected chi connectivity index (χ3v) is 5.18. The van der Waals surface area contributed by atoms with E-state index in [9.17, 15) is 13.2 Å². The molecule has 0 spiro atoms. The zero-order valence-electron chi connectivity index (χ0n) is 13.9.